The summed E-state index contributed by atoms with van der Waals surface area (Å²) in [7, 11) is 0. The minimum absolute atomic E-state index is 0.148. The number of ether oxygens (including phenoxy) is 2. The zero-order chi connectivity index (χ0) is 15.0. The predicted octanol–water partition coefficient (Wildman–Crippen LogP) is 5.15. The van der Waals surface area contributed by atoms with E-state index >= 15 is 0 Å². The fourth-order valence-electron chi connectivity index (χ4n) is 1.59. The summed E-state index contributed by atoms with van der Waals surface area (Å²) in [5.74, 6) is 0.444. The first-order valence-electron chi connectivity index (χ1n) is 6.47. The summed E-state index contributed by atoms with van der Waals surface area (Å²) in [6.45, 7) is 2.77. The van der Waals surface area contributed by atoms with Crippen molar-refractivity contribution in [2.45, 2.75) is 32.6 Å². The summed E-state index contributed by atoms with van der Waals surface area (Å²) >= 11 is 17.6. The monoisotopic (exact) mass is 338 g/mol. The Kier molecular flexibility index (Phi) is 8.12. The Labute approximate surface area is 134 Å². The van der Waals surface area contributed by atoms with Crippen molar-refractivity contribution < 1.29 is 14.3 Å². The first-order valence-corrected chi connectivity index (χ1v) is 7.61. The number of hydrogen-bond acceptors (Lipinski definition) is 3. The smallest absolute Gasteiger partial charge is 0.305 e. The van der Waals surface area contributed by atoms with Crippen molar-refractivity contribution in [1.29, 1.82) is 0 Å². The fourth-order valence-corrected chi connectivity index (χ4v) is 2.16. The molecule has 0 aliphatic carbocycles. The van der Waals surface area contributed by atoms with E-state index in [1.165, 1.54) is 0 Å². The van der Waals surface area contributed by atoms with Crippen LogP contribution < -0.4 is 4.74 Å². The quantitative estimate of drug-likeness (QED) is 0.373. The Morgan fingerprint density at radius 2 is 1.75 bits per heavy atom. The molecule has 112 valence electrons. The zero-order valence-electron chi connectivity index (χ0n) is 11.3. The number of benzene rings is 1. The number of halogens is 3. The lowest BCUT2D eigenvalue weighted by Crippen LogP contribution is -2.04. The van der Waals surface area contributed by atoms with E-state index in [1.54, 1.807) is 19.1 Å². The standard InChI is InChI=1S/C14H17Cl3O3/c1-2-19-13(18)6-4-3-5-7-20-10-8-11(15)14(17)12(16)9-10/h8-9H,2-7H2,1H3. The van der Waals surface area contributed by atoms with Gasteiger partial charge in [-0.25, -0.2) is 0 Å². The van der Waals surface area contributed by atoms with E-state index < -0.39 is 0 Å². The lowest BCUT2D eigenvalue weighted by Gasteiger charge is -2.08. The lowest BCUT2D eigenvalue weighted by atomic mass is 10.2. The van der Waals surface area contributed by atoms with Crippen LogP contribution in [0.15, 0.2) is 12.1 Å². The molecule has 0 aromatic heterocycles. The molecule has 0 saturated heterocycles. The Morgan fingerprint density at radius 3 is 2.35 bits per heavy atom. The van der Waals surface area contributed by atoms with Gasteiger partial charge in [-0.3, -0.25) is 4.79 Å². The molecule has 0 fully saturated rings. The van der Waals surface area contributed by atoms with Crippen LogP contribution in [0.5, 0.6) is 5.75 Å². The number of carbonyl (C=O) groups is 1. The largest absolute Gasteiger partial charge is 0.493 e. The van der Waals surface area contributed by atoms with Crippen LogP contribution in [0.3, 0.4) is 0 Å². The molecule has 0 heterocycles. The molecule has 0 bridgehead atoms. The Balaban J connectivity index is 2.20. The summed E-state index contributed by atoms with van der Waals surface area (Å²) in [6.07, 6.45) is 2.99. The van der Waals surface area contributed by atoms with Gasteiger partial charge < -0.3 is 9.47 Å². The molecule has 1 rings (SSSR count). The number of carbonyl (C=O) groups excluding carboxylic acids is 1. The van der Waals surface area contributed by atoms with Crippen molar-refractivity contribution in [3.05, 3.63) is 27.2 Å². The van der Waals surface area contributed by atoms with Gasteiger partial charge in [0.1, 0.15) is 5.75 Å². The summed E-state index contributed by atoms with van der Waals surface area (Å²) in [4.78, 5) is 11.1. The maximum absolute atomic E-state index is 11.1. The zero-order valence-corrected chi connectivity index (χ0v) is 13.5. The summed E-state index contributed by atoms with van der Waals surface area (Å²) in [5.41, 5.74) is 0. The van der Waals surface area contributed by atoms with Gasteiger partial charge in [-0.15, -0.1) is 0 Å². The maximum Gasteiger partial charge on any atom is 0.305 e. The van der Waals surface area contributed by atoms with Crippen molar-refractivity contribution in [2.75, 3.05) is 13.2 Å². The van der Waals surface area contributed by atoms with Gasteiger partial charge in [0.25, 0.3) is 0 Å². The van der Waals surface area contributed by atoms with Gasteiger partial charge >= 0.3 is 5.97 Å². The summed E-state index contributed by atoms with van der Waals surface area (Å²) in [5, 5.41) is 1.07. The number of esters is 1. The molecule has 3 nitrogen and oxygen atoms in total. The van der Waals surface area contributed by atoms with Gasteiger partial charge in [0.15, 0.2) is 0 Å². The Hall–Kier alpha value is -0.640. The molecule has 0 atom stereocenters. The fraction of sp³-hybridized carbons (Fsp3) is 0.500. The number of rotatable bonds is 8. The van der Waals surface area contributed by atoms with E-state index in [-0.39, 0.29) is 5.97 Å². The van der Waals surface area contributed by atoms with Crippen LogP contribution in [0, 0.1) is 0 Å². The third-order valence-electron chi connectivity index (χ3n) is 2.56. The highest BCUT2D eigenvalue weighted by Gasteiger charge is 2.06. The minimum atomic E-state index is -0.148. The van der Waals surface area contributed by atoms with Crippen LogP contribution in [0.1, 0.15) is 32.6 Å². The molecule has 0 radical (unpaired) electrons. The second kappa shape index (κ2) is 9.32. The van der Waals surface area contributed by atoms with Crippen LogP contribution in [-0.4, -0.2) is 19.2 Å². The molecule has 0 amide bonds. The van der Waals surface area contributed by atoms with Crippen LogP contribution >= 0.6 is 34.8 Å². The lowest BCUT2D eigenvalue weighted by molar-refractivity contribution is -0.143. The van der Waals surface area contributed by atoms with Gasteiger partial charge in [0, 0.05) is 18.6 Å². The molecule has 0 spiro atoms. The van der Waals surface area contributed by atoms with Crippen molar-refractivity contribution >= 4 is 40.8 Å². The Bertz CT molecular complexity index is 426. The highest BCUT2D eigenvalue weighted by Crippen LogP contribution is 2.34. The van der Waals surface area contributed by atoms with Gasteiger partial charge in [-0.2, -0.15) is 0 Å². The van der Waals surface area contributed by atoms with E-state index in [0.29, 0.717) is 40.5 Å². The van der Waals surface area contributed by atoms with Gasteiger partial charge in [0.05, 0.1) is 28.3 Å². The van der Waals surface area contributed by atoms with E-state index in [1.807, 2.05) is 0 Å². The summed E-state index contributed by atoms with van der Waals surface area (Å²) in [6, 6.07) is 3.27. The third-order valence-corrected chi connectivity index (χ3v) is 3.75. The first-order chi connectivity index (χ1) is 9.54. The highest BCUT2D eigenvalue weighted by molar-refractivity contribution is 6.48. The van der Waals surface area contributed by atoms with E-state index in [9.17, 15) is 4.79 Å². The van der Waals surface area contributed by atoms with Crippen molar-refractivity contribution in [2.24, 2.45) is 0 Å². The number of hydrogen-bond donors (Lipinski definition) is 0. The van der Waals surface area contributed by atoms with E-state index in [0.717, 1.165) is 19.3 Å². The van der Waals surface area contributed by atoms with Crippen molar-refractivity contribution in [3.63, 3.8) is 0 Å². The van der Waals surface area contributed by atoms with E-state index in [4.69, 9.17) is 44.3 Å². The Morgan fingerprint density at radius 1 is 1.10 bits per heavy atom. The topological polar surface area (TPSA) is 35.5 Å². The highest BCUT2D eigenvalue weighted by atomic mass is 35.5. The first kappa shape index (κ1) is 17.4. The van der Waals surface area contributed by atoms with Crippen molar-refractivity contribution in [1.82, 2.24) is 0 Å². The minimum Gasteiger partial charge on any atom is -0.493 e. The molecule has 0 aliphatic heterocycles. The van der Waals surface area contributed by atoms with Crippen LogP contribution in [0.2, 0.25) is 15.1 Å². The molecule has 1 aromatic carbocycles. The molecule has 6 heteroatoms. The third kappa shape index (κ3) is 6.21. The second-order valence-corrected chi connectivity index (χ2v) is 5.36. The molecule has 0 aliphatic rings. The predicted molar refractivity (Wildman–Crippen MR) is 82.1 cm³/mol. The van der Waals surface area contributed by atoms with Gasteiger partial charge in [-0.05, 0) is 26.2 Å². The molecular formula is C14H17Cl3O3. The number of unbranched alkanes of at least 4 members (excludes halogenated alkanes) is 2. The SMILES string of the molecule is CCOC(=O)CCCCCOc1cc(Cl)c(Cl)c(Cl)c1. The van der Waals surface area contributed by atoms with E-state index in [2.05, 4.69) is 0 Å². The average Bonchev–Trinajstić information content (AvgIpc) is 2.40. The molecule has 20 heavy (non-hydrogen) atoms. The van der Waals surface area contributed by atoms with Crippen LogP contribution in [0.25, 0.3) is 0 Å². The second-order valence-electron chi connectivity index (χ2n) is 4.17. The average molecular weight is 340 g/mol. The molecule has 0 saturated carbocycles. The van der Waals surface area contributed by atoms with Gasteiger partial charge in [-0.1, -0.05) is 34.8 Å². The van der Waals surface area contributed by atoms with Crippen LogP contribution in [0.4, 0.5) is 0 Å². The van der Waals surface area contributed by atoms with Gasteiger partial charge in [0.2, 0.25) is 0 Å². The van der Waals surface area contributed by atoms with Crippen LogP contribution in [-0.2, 0) is 9.53 Å². The molecule has 0 N–H and O–H groups in total. The normalized spacial score (nSPS) is 10.4. The maximum atomic E-state index is 11.1. The summed E-state index contributed by atoms with van der Waals surface area (Å²) < 4.78 is 10.4. The molecular weight excluding hydrogens is 323 g/mol. The molecule has 0 unspecified atom stereocenters. The van der Waals surface area contributed by atoms with Crippen molar-refractivity contribution in [3.8, 4) is 5.75 Å². The molecule has 1 aromatic rings.